The highest BCUT2D eigenvalue weighted by Gasteiger charge is 2.20. The van der Waals surface area contributed by atoms with Gasteiger partial charge in [-0.3, -0.25) is 9.69 Å². The summed E-state index contributed by atoms with van der Waals surface area (Å²) in [5.41, 5.74) is 3.09. The number of halogens is 1. The standard InChI is InChI=1S/C30H37ClN6OS/c31-27-21-28(37-18-16-36(17-19-37)22-24-8-3-1-4-9-24)34-30(33-27)39-23-25-10-7-11-26(20-25)29(38)32-12-15-35-13-5-2-6-14-35/h1,3-4,7-11,20-21H,2,5-6,12-19,22-23H2,(H,32,38). The Kier molecular flexibility index (Phi) is 10.1. The number of nitrogens with zero attached hydrogens (tertiary/aromatic N) is 5. The van der Waals surface area contributed by atoms with Crippen molar-refractivity contribution in [3.8, 4) is 0 Å². The summed E-state index contributed by atoms with van der Waals surface area (Å²) in [5, 5.41) is 4.18. The molecule has 0 unspecified atom stereocenters. The molecule has 0 atom stereocenters. The largest absolute Gasteiger partial charge is 0.354 e. The predicted molar refractivity (Wildman–Crippen MR) is 160 cm³/mol. The molecule has 2 aliphatic heterocycles. The van der Waals surface area contributed by atoms with Crippen molar-refractivity contribution in [2.24, 2.45) is 0 Å². The number of piperidine rings is 1. The molecule has 1 N–H and O–H groups in total. The van der Waals surface area contributed by atoms with Crippen LogP contribution in [0.4, 0.5) is 5.82 Å². The van der Waals surface area contributed by atoms with Crippen molar-refractivity contribution in [2.45, 2.75) is 36.7 Å². The van der Waals surface area contributed by atoms with Crippen LogP contribution >= 0.6 is 23.4 Å². The third-order valence-electron chi connectivity index (χ3n) is 7.33. The molecule has 1 amide bonds. The summed E-state index contributed by atoms with van der Waals surface area (Å²) in [6.07, 6.45) is 3.84. The lowest BCUT2D eigenvalue weighted by Gasteiger charge is -2.35. The lowest BCUT2D eigenvalue weighted by Crippen LogP contribution is -2.46. The minimum atomic E-state index is -0.0217. The summed E-state index contributed by atoms with van der Waals surface area (Å²) in [6.45, 7) is 8.60. The Morgan fingerprint density at radius 3 is 2.41 bits per heavy atom. The SMILES string of the molecule is O=C(NCCN1CCCCC1)c1cccc(CSc2nc(Cl)cc(N3CCN(Cc4ccccc4)CC3)n2)c1. The molecule has 2 saturated heterocycles. The third kappa shape index (κ3) is 8.42. The van der Waals surface area contributed by atoms with Gasteiger partial charge in [0.15, 0.2) is 5.16 Å². The smallest absolute Gasteiger partial charge is 0.251 e. The fourth-order valence-electron chi connectivity index (χ4n) is 5.15. The summed E-state index contributed by atoms with van der Waals surface area (Å²) < 4.78 is 0. The lowest BCUT2D eigenvalue weighted by molar-refractivity contribution is 0.0946. The lowest BCUT2D eigenvalue weighted by atomic mass is 10.1. The number of aromatic nitrogens is 2. The first-order valence-electron chi connectivity index (χ1n) is 13.9. The van der Waals surface area contributed by atoms with E-state index in [0.717, 1.165) is 63.7 Å². The van der Waals surface area contributed by atoms with E-state index in [1.165, 1.54) is 24.8 Å². The minimum absolute atomic E-state index is 0.0217. The molecule has 0 saturated carbocycles. The first-order valence-corrected chi connectivity index (χ1v) is 15.3. The molecule has 2 aromatic carbocycles. The van der Waals surface area contributed by atoms with E-state index in [2.05, 4.69) is 55.3 Å². The molecule has 3 heterocycles. The van der Waals surface area contributed by atoms with Gasteiger partial charge in [0.25, 0.3) is 5.91 Å². The van der Waals surface area contributed by atoms with Crippen LogP contribution in [0.25, 0.3) is 0 Å². The number of amides is 1. The van der Waals surface area contributed by atoms with E-state index in [0.29, 0.717) is 28.2 Å². The monoisotopic (exact) mass is 564 g/mol. The Balaban J connectivity index is 1.11. The predicted octanol–water partition coefficient (Wildman–Crippen LogP) is 4.96. The highest BCUT2D eigenvalue weighted by Crippen LogP contribution is 2.26. The van der Waals surface area contributed by atoms with E-state index in [-0.39, 0.29) is 5.91 Å². The summed E-state index contributed by atoms with van der Waals surface area (Å²) in [4.78, 5) is 29.2. The van der Waals surface area contributed by atoms with Crippen LogP contribution in [0.15, 0.2) is 65.8 Å². The molecule has 1 aromatic heterocycles. The molecule has 5 rings (SSSR count). The Morgan fingerprint density at radius 2 is 1.62 bits per heavy atom. The zero-order valence-electron chi connectivity index (χ0n) is 22.4. The fourth-order valence-corrected chi connectivity index (χ4v) is 6.18. The second kappa shape index (κ2) is 14.1. The number of hydrogen-bond acceptors (Lipinski definition) is 7. The van der Waals surface area contributed by atoms with E-state index in [1.807, 2.05) is 30.3 Å². The highest BCUT2D eigenvalue weighted by atomic mass is 35.5. The van der Waals surface area contributed by atoms with Crippen molar-refractivity contribution in [1.29, 1.82) is 0 Å². The van der Waals surface area contributed by atoms with E-state index in [9.17, 15) is 4.79 Å². The van der Waals surface area contributed by atoms with Crippen molar-refractivity contribution >= 4 is 35.1 Å². The number of carbonyl (C=O) groups is 1. The van der Waals surface area contributed by atoms with Gasteiger partial charge in [-0.05, 0) is 49.2 Å². The minimum Gasteiger partial charge on any atom is -0.354 e. The summed E-state index contributed by atoms with van der Waals surface area (Å²) >= 11 is 7.94. The average Bonchev–Trinajstić information content (AvgIpc) is 2.97. The van der Waals surface area contributed by atoms with E-state index >= 15 is 0 Å². The number of nitrogens with one attached hydrogen (secondary N) is 1. The van der Waals surface area contributed by atoms with Crippen LogP contribution in [0.5, 0.6) is 0 Å². The van der Waals surface area contributed by atoms with Crippen LogP contribution in [0.1, 0.15) is 40.7 Å². The molecular formula is C30H37ClN6OS. The zero-order valence-corrected chi connectivity index (χ0v) is 24.0. The first kappa shape index (κ1) is 27.9. The molecule has 7 nitrogen and oxygen atoms in total. The Bertz CT molecular complexity index is 1220. The van der Waals surface area contributed by atoms with Gasteiger partial charge < -0.3 is 15.1 Å². The van der Waals surface area contributed by atoms with Gasteiger partial charge in [-0.1, -0.05) is 72.2 Å². The number of piperazine rings is 1. The van der Waals surface area contributed by atoms with Gasteiger partial charge in [0, 0.05) is 63.2 Å². The van der Waals surface area contributed by atoms with Crippen LogP contribution in [0.2, 0.25) is 5.15 Å². The maximum Gasteiger partial charge on any atom is 0.251 e. The summed E-state index contributed by atoms with van der Waals surface area (Å²) in [6, 6.07) is 20.3. The van der Waals surface area contributed by atoms with E-state index in [1.54, 1.807) is 11.8 Å². The molecule has 9 heteroatoms. The maximum absolute atomic E-state index is 12.7. The molecule has 0 bridgehead atoms. The van der Waals surface area contributed by atoms with Crippen LogP contribution in [0, 0.1) is 0 Å². The molecular weight excluding hydrogens is 528 g/mol. The maximum atomic E-state index is 12.7. The van der Waals surface area contributed by atoms with Crippen molar-refractivity contribution in [1.82, 2.24) is 25.1 Å². The van der Waals surface area contributed by atoms with E-state index in [4.69, 9.17) is 16.6 Å². The zero-order chi connectivity index (χ0) is 26.9. The number of rotatable bonds is 10. The van der Waals surface area contributed by atoms with Gasteiger partial charge in [0.05, 0.1) is 0 Å². The highest BCUT2D eigenvalue weighted by molar-refractivity contribution is 7.98. The van der Waals surface area contributed by atoms with Gasteiger partial charge in [-0.2, -0.15) is 0 Å². The second-order valence-corrected chi connectivity index (χ2v) is 11.6. The number of hydrogen-bond donors (Lipinski definition) is 1. The van der Waals surface area contributed by atoms with E-state index < -0.39 is 0 Å². The molecule has 2 fully saturated rings. The molecule has 0 radical (unpaired) electrons. The van der Waals surface area contributed by atoms with Crippen molar-refractivity contribution in [3.05, 3.63) is 82.5 Å². The van der Waals surface area contributed by atoms with Crippen LogP contribution < -0.4 is 10.2 Å². The molecule has 2 aliphatic rings. The molecule has 0 aliphatic carbocycles. The number of carbonyl (C=O) groups excluding carboxylic acids is 1. The van der Waals surface area contributed by atoms with Crippen molar-refractivity contribution < 1.29 is 4.79 Å². The van der Waals surface area contributed by atoms with Gasteiger partial charge in [-0.25, -0.2) is 9.97 Å². The number of anilines is 1. The molecule has 39 heavy (non-hydrogen) atoms. The fraction of sp³-hybridized carbons (Fsp3) is 0.433. The number of benzene rings is 2. The third-order valence-corrected chi connectivity index (χ3v) is 8.44. The Hall–Kier alpha value is -2.65. The summed E-state index contributed by atoms with van der Waals surface area (Å²) in [5.74, 6) is 1.52. The average molecular weight is 565 g/mol. The van der Waals surface area contributed by atoms with Crippen molar-refractivity contribution in [2.75, 3.05) is 57.3 Å². The van der Waals surface area contributed by atoms with Gasteiger partial charge in [0.2, 0.25) is 0 Å². The number of likely N-dealkylation sites (tertiary alicyclic amines) is 1. The number of thioether (sulfide) groups is 1. The summed E-state index contributed by atoms with van der Waals surface area (Å²) in [7, 11) is 0. The van der Waals surface area contributed by atoms with Crippen LogP contribution in [-0.4, -0.2) is 78.0 Å². The van der Waals surface area contributed by atoms with Gasteiger partial charge in [-0.15, -0.1) is 0 Å². The second-order valence-electron chi connectivity index (χ2n) is 10.2. The molecule has 206 valence electrons. The topological polar surface area (TPSA) is 64.6 Å². The van der Waals surface area contributed by atoms with Crippen LogP contribution in [0.3, 0.4) is 0 Å². The Labute approximate surface area is 240 Å². The first-order chi connectivity index (χ1) is 19.1. The molecule has 0 spiro atoms. The van der Waals surface area contributed by atoms with Crippen LogP contribution in [-0.2, 0) is 12.3 Å². The molecule has 3 aromatic rings. The van der Waals surface area contributed by atoms with Crippen molar-refractivity contribution in [3.63, 3.8) is 0 Å². The normalized spacial score (nSPS) is 16.8. The van der Waals surface area contributed by atoms with Gasteiger partial charge >= 0.3 is 0 Å². The Morgan fingerprint density at radius 1 is 0.846 bits per heavy atom. The van der Waals surface area contributed by atoms with Gasteiger partial charge in [0.1, 0.15) is 11.0 Å². The quantitative estimate of drug-likeness (QED) is 0.212.